The Bertz CT molecular complexity index is 1090. The predicted octanol–water partition coefficient (Wildman–Crippen LogP) is 5.88. The lowest BCUT2D eigenvalue weighted by Crippen LogP contribution is -2.04. The molecule has 0 saturated carbocycles. The zero-order chi connectivity index (χ0) is 22.3. The zero-order valence-electron chi connectivity index (χ0n) is 18.1. The molecule has 0 unspecified atom stereocenters. The van der Waals surface area contributed by atoms with E-state index in [1.54, 1.807) is 26.0 Å². The maximum atomic E-state index is 12.7. The normalized spacial score (nSPS) is 11.5. The van der Waals surface area contributed by atoms with E-state index in [9.17, 15) is 9.83 Å². The number of nitrogens with one attached hydrogen (secondary N) is 2. The molecular weight excluding hydrogens is 413 g/mol. The van der Waals surface area contributed by atoms with Crippen molar-refractivity contribution in [3.63, 3.8) is 0 Å². The summed E-state index contributed by atoms with van der Waals surface area (Å²) in [5, 5.41) is 13.5. The van der Waals surface area contributed by atoms with Crippen LogP contribution in [0.15, 0.2) is 42.5 Å². The van der Waals surface area contributed by atoms with Crippen LogP contribution in [-0.4, -0.2) is 31.4 Å². The molecule has 3 aromatic rings. The second-order valence-electron chi connectivity index (χ2n) is 6.84. The highest BCUT2D eigenvalue weighted by atomic mass is 31.2. The second kappa shape index (κ2) is 10.6. The third-order valence-corrected chi connectivity index (χ3v) is 6.48. The van der Waals surface area contributed by atoms with Gasteiger partial charge in [0, 0.05) is 23.2 Å². The predicted molar refractivity (Wildman–Crippen MR) is 123 cm³/mol. The summed E-state index contributed by atoms with van der Waals surface area (Å²) < 4.78 is 28.7. The fourth-order valence-corrected chi connectivity index (χ4v) is 4.73. The number of fused-ring (bicyclic) bond motifs is 1. The fraction of sp³-hybridized carbons (Fsp3) is 0.348. The van der Waals surface area contributed by atoms with Crippen molar-refractivity contribution < 1.29 is 18.3 Å². The Morgan fingerprint density at radius 3 is 2.35 bits per heavy atom. The Labute approximate surface area is 182 Å². The summed E-state index contributed by atoms with van der Waals surface area (Å²) in [6, 6.07) is 15.7. The summed E-state index contributed by atoms with van der Waals surface area (Å²) >= 11 is 0. The van der Waals surface area contributed by atoms with Gasteiger partial charge in [-0.15, -0.1) is 0 Å². The average Bonchev–Trinajstić information content (AvgIpc) is 3.12. The van der Waals surface area contributed by atoms with Gasteiger partial charge in [-0.3, -0.25) is 14.1 Å². The van der Waals surface area contributed by atoms with Crippen LogP contribution in [0.25, 0.3) is 22.2 Å². The highest BCUT2D eigenvalue weighted by Gasteiger charge is 2.23. The molecule has 0 fully saturated rings. The van der Waals surface area contributed by atoms with Crippen molar-refractivity contribution in [1.82, 2.24) is 4.98 Å². The molecule has 0 atom stereocenters. The first kappa shape index (κ1) is 23.1. The van der Waals surface area contributed by atoms with Gasteiger partial charge in [-0.1, -0.05) is 24.3 Å². The number of hydrogen-bond acceptors (Lipinski definition) is 5. The molecule has 2 aromatic carbocycles. The lowest BCUT2D eigenvalue weighted by atomic mass is 10.0. The van der Waals surface area contributed by atoms with Crippen molar-refractivity contribution in [2.24, 2.45) is 0 Å². The Balaban J connectivity index is 1.87. The van der Waals surface area contributed by atoms with Gasteiger partial charge in [0.2, 0.25) is 0 Å². The number of aromatic nitrogens is 1. The monoisotopic (exact) mass is 441 g/mol. The number of aromatic amines is 1. The molecule has 0 aliphatic heterocycles. The Kier molecular flexibility index (Phi) is 7.89. The number of H-pyrrole nitrogens is 1. The van der Waals surface area contributed by atoms with Crippen LogP contribution in [0, 0.1) is 11.3 Å². The number of benzene rings is 2. The van der Waals surface area contributed by atoms with Crippen LogP contribution in [0.2, 0.25) is 0 Å². The van der Waals surface area contributed by atoms with Crippen LogP contribution < -0.4 is 5.09 Å². The molecule has 31 heavy (non-hydrogen) atoms. The summed E-state index contributed by atoms with van der Waals surface area (Å²) in [4.78, 5) is 3.38. The molecule has 0 aliphatic carbocycles. The standard InChI is InChI=1S/C23H28N3O4P/c1-4-28-14-13-17-7-12-20-21(16-24)23(25-22(20)15-17)18-8-10-19(11-9-18)26-31(27,29-5-2)30-6-3/h7-12,15,25H,4-6,13-14H2,1-3H3,(H,26,27). The van der Waals surface area contributed by atoms with E-state index in [-0.39, 0.29) is 13.2 Å². The molecular formula is C23H28N3O4P. The molecule has 0 radical (unpaired) electrons. The van der Waals surface area contributed by atoms with Gasteiger partial charge in [0.25, 0.3) is 0 Å². The van der Waals surface area contributed by atoms with Gasteiger partial charge in [0.1, 0.15) is 6.07 Å². The van der Waals surface area contributed by atoms with Gasteiger partial charge < -0.3 is 9.72 Å². The molecule has 1 heterocycles. The topological polar surface area (TPSA) is 96.4 Å². The molecule has 7 nitrogen and oxygen atoms in total. The van der Waals surface area contributed by atoms with E-state index >= 15 is 0 Å². The summed E-state index contributed by atoms with van der Waals surface area (Å²) in [6.07, 6.45) is 0.820. The maximum Gasteiger partial charge on any atom is 0.432 e. The quantitative estimate of drug-likeness (QED) is 0.285. The smallest absolute Gasteiger partial charge is 0.381 e. The minimum atomic E-state index is -3.40. The van der Waals surface area contributed by atoms with Crippen molar-refractivity contribution >= 4 is 24.3 Å². The van der Waals surface area contributed by atoms with Crippen molar-refractivity contribution in [2.45, 2.75) is 27.2 Å². The van der Waals surface area contributed by atoms with E-state index < -0.39 is 7.75 Å². The summed E-state index contributed by atoms with van der Waals surface area (Å²) in [7, 11) is -3.40. The average molecular weight is 441 g/mol. The molecule has 0 saturated heterocycles. The number of nitriles is 1. The van der Waals surface area contributed by atoms with Crippen molar-refractivity contribution in [3.8, 4) is 17.3 Å². The van der Waals surface area contributed by atoms with Crippen LogP contribution in [-0.2, 0) is 24.8 Å². The van der Waals surface area contributed by atoms with Crippen LogP contribution in [0.1, 0.15) is 31.9 Å². The van der Waals surface area contributed by atoms with E-state index in [0.29, 0.717) is 24.5 Å². The number of ether oxygens (including phenoxy) is 1. The number of rotatable bonds is 11. The number of anilines is 1. The minimum Gasteiger partial charge on any atom is -0.381 e. The first-order valence-corrected chi connectivity index (χ1v) is 12.0. The Hall–Kier alpha value is -2.62. The second-order valence-corrected chi connectivity index (χ2v) is 8.57. The first-order valence-electron chi connectivity index (χ1n) is 10.4. The molecule has 2 N–H and O–H groups in total. The van der Waals surface area contributed by atoms with Crippen molar-refractivity contribution in [3.05, 3.63) is 53.6 Å². The summed E-state index contributed by atoms with van der Waals surface area (Å²) in [6.45, 7) is 7.42. The molecule has 8 heteroatoms. The maximum absolute atomic E-state index is 12.7. The van der Waals surface area contributed by atoms with E-state index in [4.69, 9.17) is 13.8 Å². The molecule has 1 aromatic heterocycles. The van der Waals surface area contributed by atoms with E-state index in [0.717, 1.165) is 34.1 Å². The van der Waals surface area contributed by atoms with Crippen LogP contribution in [0.3, 0.4) is 0 Å². The first-order chi connectivity index (χ1) is 15.0. The number of hydrogen-bond donors (Lipinski definition) is 2. The molecule has 0 bridgehead atoms. The van der Waals surface area contributed by atoms with E-state index in [1.807, 2.05) is 31.2 Å². The van der Waals surface area contributed by atoms with Crippen LogP contribution >= 0.6 is 7.75 Å². The minimum absolute atomic E-state index is 0.273. The van der Waals surface area contributed by atoms with Gasteiger partial charge in [-0.05, 0) is 56.5 Å². The zero-order valence-corrected chi connectivity index (χ0v) is 19.0. The number of nitrogens with zero attached hydrogens (tertiary/aromatic N) is 1. The largest absolute Gasteiger partial charge is 0.432 e. The third-order valence-electron chi connectivity index (χ3n) is 4.75. The van der Waals surface area contributed by atoms with E-state index in [2.05, 4.69) is 22.2 Å². The van der Waals surface area contributed by atoms with Crippen LogP contribution in [0.5, 0.6) is 0 Å². The van der Waals surface area contributed by atoms with Gasteiger partial charge in [0.05, 0.1) is 31.1 Å². The third kappa shape index (κ3) is 5.55. The fourth-order valence-electron chi connectivity index (χ4n) is 3.38. The van der Waals surface area contributed by atoms with Gasteiger partial charge in [-0.25, -0.2) is 4.57 Å². The van der Waals surface area contributed by atoms with Crippen molar-refractivity contribution in [1.29, 1.82) is 5.26 Å². The molecule has 0 amide bonds. The summed E-state index contributed by atoms with van der Waals surface area (Å²) in [5.74, 6) is 0. The molecule has 0 spiro atoms. The highest BCUT2D eigenvalue weighted by molar-refractivity contribution is 7.55. The Morgan fingerprint density at radius 2 is 1.74 bits per heavy atom. The van der Waals surface area contributed by atoms with Gasteiger partial charge in [-0.2, -0.15) is 5.26 Å². The molecule has 164 valence electrons. The van der Waals surface area contributed by atoms with Crippen LogP contribution in [0.4, 0.5) is 5.69 Å². The highest BCUT2D eigenvalue weighted by Crippen LogP contribution is 2.47. The molecule has 3 rings (SSSR count). The lowest BCUT2D eigenvalue weighted by molar-refractivity contribution is 0.151. The molecule has 0 aliphatic rings. The Morgan fingerprint density at radius 1 is 1.03 bits per heavy atom. The summed E-state index contributed by atoms with van der Waals surface area (Å²) in [5.41, 5.74) is 4.89. The van der Waals surface area contributed by atoms with Crippen molar-refractivity contribution in [2.75, 3.05) is 31.5 Å². The SMILES string of the molecule is CCOCCc1ccc2c(C#N)c(-c3ccc(NP(=O)(OCC)OCC)cc3)[nH]c2c1. The van der Waals surface area contributed by atoms with E-state index in [1.165, 1.54) is 0 Å². The lowest BCUT2D eigenvalue weighted by Gasteiger charge is -2.18. The van der Waals surface area contributed by atoms with Gasteiger partial charge in [0.15, 0.2) is 0 Å². The van der Waals surface area contributed by atoms with Gasteiger partial charge >= 0.3 is 7.75 Å².